The predicted octanol–water partition coefficient (Wildman–Crippen LogP) is 1.27. The van der Waals surface area contributed by atoms with Crippen LogP contribution in [0.25, 0.3) is 0 Å². The molecule has 1 aromatic rings. The zero-order chi connectivity index (χ0) is 15.1. The summed E-state index contributed by atoms with van der Waals surface area (Å²) in [5.41, 5.74) is -0.320. The van der Waals surface area contributed by atoms with Gasteiger partial charge in [0.15, 0.2) is 0 Å². The first-order chi connectivity index (χ1) is 9.47. The van der Waals surface area contributed by atoms with Crippen molar-refractivity contribution < 1.29 is 24.0 Å². The molecule has 0 saturated carbocycles. The number of nitrogens with zero attached hydrogens (tertiary/aromatic N) is 1. The van der Waals surface area contributed by atoms with Crippen molar-refractivity contribution in [3.8, 4) is 5.75 Å². The highest BCUT2D eigenvalue weighted by molar-refractivity contribution is 6.03. The zero-order valence-corrected chi connectivity index (χ0v) is 10.8. The Morgan fingerprint density at radius 1 is 1.30 bits per heavy atom. The number of nitro benzene ring substituents is 1. The van der Waals surface area contributed by atoms with Gasteiger partial charge in [0.05, 0.1) is 25.2 Å². The Bertz CT molecular complexity index is 567. The summed E-state index contributed by atoms with van der Waals surface area (Å²) in [6.07, 6.45) is 1.82. The van der Waals surface area contributed by atoms with E-state index in [9.17, 15) is 19.7 Å². The minimum atomic E-state index is -0.704. The first kappa shape index (κ1) is 15.2. The van der Waals surface area contributed by atoms with Crippen LogP contribution in [0.1, 0.15) is 0 Å². The second-order valence-electron chi connectivity index (χ2n) is 3.49. The van der Waals surface area contributed by atoms with Gasteiger partial charge in [-0.05, 0) is 12.1 Å². The van der Waals surface area contributed by atoms with Gasteiger partial charge in [-0.2, -0.15) is 0 Å². The van der Waals surface area contributed by atoms with E-state index in [1.54, 1.807) is 0 Å². The first-order valence-electron chi connectivity index (χ1n) is 5.37. The van der Waals surface area contributed by atoms with Crippen LogP contribution in [0.2, 0.25) is 0 Å². The van der Waals surface area contributed by atoms with Crippen LogP contribution in [0.4, 0.5) is 11.4 Å². The Morgan fingerprint density at radius 2 is 2.00 bits per heavy atom. The maximum absolute atomic E-state index is 11.5. The summed E-state index contributed by atoms with van der Waals surface area (Å²) in [6, 6.07) is 3.98. The Kier molecular flexibility index (Phi) is 5.21. The molecule has 1 rings (SSSR count). The smallest absolute Gasteiger partial charge is 0.330 e. The largest absolute Gasteiger partial charge is 0.496 e. The number of nitro groups is 1. The van der Waals surface area contributed by atoms with Gasteiger partial charge in [-0.3, -0.25) is 14.9 Å². The van der Waals surface area contributed by atoms with Crippen molar-refractivity contribution in [3.05, 3.63) is 40.5 Å². The molecule has 8 nitrogen and oxygen atoms in total. The molecule has 8 heteroatoms. The van der Waals surface area contributed by atoms with E-state index in [0.29, 0.717) is 5.75 Å². The lowest BCUT2D eigenvalue weighted by atomic mass is 10.2. The number of hydrogen-bond acceptors (Lipinski definition) is 6. The van der Waals surface area contributed by atoms with E-state index in [0.717, 1.165) is 12.2 Å². The molecule has 0 atom stereocenters. The zero-order valence-electron chi connectivity index (χ0n) is 10.8. The molecule has 0 spiro atoms. The summed E-state index contributed by atoms with van der Waals surface area (Å²) in [4.78, 5) is 32.6. The topological polar surface area (TPSA) is 108 Å². The molecule has 0 bridgehead atoms. The quantitative estimate of drug-likeness (QED) is 0.376. The van der Waals surface area contributed by atoms with Crippen molar-refractivity contribution >= 4 is 23.3 Å². The minimum absolute atomic E-state index is 0.00434. The number of amides is 1. The summed E-state index contributed by atoms with van der Waals surface area (Å²) in [5, 5.41) is 13.2. The van der Waals surface area contributed by atoms with Crippen molar-refractivity contribution in [2.24, 2.45) is 0 Å². The van der Waals surface area contributed by atoms with Crippen LogP contribution in [0.15, 0.2) is 30.4 Å². The van der Waals surface area contributed by atoms with Crippen LogP contribution in [0.3, 0.4) is 0 Å². The van der Waals surface area contributed by atoms with Crippen molar-refractivity contribution in [2.75, 3.05) is 19.5 Å². The molecule has 0 fully saturated rings. The van der Waals surface area contributed by atoms with Crippen molar-refractivity contribution in [3.63, 3.8) is 0 Å². The van der Waals surface area contributed by atoms with Crippen molar-refractivity contribution in [1.82, 2.24) is 0 Å². The highest BCUT2D eigenvalue weighted by Crippen LogP contribution is 2.28. The third-order valence-corrected chi connectivity index (χ3v) is 2.23. The van der Waals surface area contributed by atoms with E-state index < -0.39 is 16.8 Å². The SMILES string of the molecule is COC(=O)/C=C\C(=O)Nc1ccc(OC)cc1[N+](=O)[O-]. The van der Waals surface area contributed by atoms with Crippen LogP contribution in [0, 0.1) is 10.1 Å². The van der Waals surface area contributed by atoms with E-state index in [4.69, 9.17) is 4.74 Å². The molecule has 1 amide bonds. The van der Waals surface area contributed by atoms with Gasteiger partial charge in [-0.25, -0.2) is 4.79 Å². The monoisotopic (exact) mass is 280 g/mol. The van der Waals surface area contributed by atoms with Crippen molar-refractivity contribution in [2.45, 2.75) is 0 Å². The van der Waals surface area contributed by atoms with E-state index >= 15 is 0 Å². The number of esters is 1. The number of methoxy groups -OCH3 is 2. The van der Waals surface area contributed by atoms with E-state index in [2.05, 4.69) is 10.1 Å². The standard InChI is InChI=1S/C12H12N2O6/c1-19-8-3-4-9(10(7-8)14(17)18)13-11(15)5-6-12(16)20-2/h3-7H,1-2H3,(H,13,15)/b6-5-. The van der Waals surface area contributed by atoms with Crippen LogP contribution >= 0.6 is 0 Å². The average Bonchev–Trinajstić information content (AvgIpc) is 2.44. The minimum Gasteiger partial charge on any atom is -0.496 e. The number of anilines is 1. The summed E-state index contributed by atoms with van der Waals surface area (Å²) in [7, 11) is 2.54. The number of benzene rings is 1. The molecule has 0 aliphatic carbocycles. The summed E-state index contributed by atoms with van der Waals surface area (Å²) >= 11 is 0. The third-order valence-electron chi connectivity index (χ3n) is 2.23. The van der Waals surface area contributed by atoms with Gasteiger partial charge in [0, 0.05) is 12.2 Å². The number of carbonyl (C=O) groups is 2. The highest BCUT2D eigenvalue weighted by atomic mass is 16.6. The van der Waals surface area contributed by atoms with Gasteiger partial charge in [0.2, 0.25) is 5.91 Å². The van der Waals surface area contributed by atoms with Crippen LogP contribution < -0.4 is 10.1 Å². The molecule has 1 aromatic carbocycles. The van der Waals surface area contributed by atoms with E-state index in [-0.39, 0.29) is 11.4 Å². The molecule has 0 aliphatic rings. The second-order valence-corrected chi connectivity index (χ2v) is 3.49. The number of nitrogens with one attached hydrogen (secondary N) is 1. The lowest BCUT2D eigenvalue weighted by Crippen LogP contribution is -2.10. The highest BCUT2D eigenvalue weighted by Gasteiger charge is 2.16. The molecule has 0 unspecified atom stereocenters. The predicted molar refractivity (Wildman–Crippen MR) is 69.4 cm³/mol. The lowest BCUT2D eigenvalue weighted by Gasteiger charge is -2.05. The molecule has 106 valence electrons. The van der Waals surface area contributed by atoms with Gasteiger partial charge in [-0.1, -0.05) is 0 Å². The molecule has 0 aliphatic heterocycles. The first-order valence-corrected chi connectivity index (χ1v) is 5.37. The van der Waals surface area contributed by atoms with Gasteiger partial charge < -0.3 is 14.8 Å². The number of ether oxygens (including phenoxy) is 2. The Labute approximate surface area is 114 Å². The molecule has 1 N–H and O–H groups in total. The normalized spacial score (nSPS) is 10.1. The Balaban J connectivity index is 2.92. The van der Waals surface area contributed by atoms with Crippen molar-refractivity contribution in [1.29, 1.82) is 0 Å². The average molecular weight is 280 g/mol. The molecule has 0 saturated heterocycles. The van der Waals surface area contributed by atoms with Crippen LogP contribution in [0.5, 0.6) is 5.75 Å². The summed E-state index contributed by atoms with van der Waals surface area (Å²) < 4.78 is 9.18. The fourth-order valence-corrected chi connectivity index (χ4v) is 1.28. The lowest BCUT2D eigenvalue weighted by molar-refractivity contribution is -0.384. The molecular formula is C12H12N2O6. The molecule has 0 aromatic heterocycles. The van der Waals surface area contributed by atoms with Gasteiger partial charge >= 0.3 is 5.97 Å². The maximum Gasteiger partial charge on any atom is 0.330 e. The molecular weight excluding hydrogens is 268 g/mol. The number of hydrogen-bond donors (Lipinski definition) is 1. The third kappa shape index (κ3) is 4.09. The fourth-order valence-electron chi connectivity index (χ4n) is 1.28. The Morgan fingerprint density at radius 3 is 2.55 bits per heavy atom. The van der Waals surface area contributed by atoms with Crippen LogP contribution in [-0.2, 0) is 14.3 Å². The maximum atomic E-state index is 11.5. The fraction of sp³-hybridized carbons (Fsp3) is 0.167. The molecule has 0 heterocycles. The summed E-state index contributed by atoms with van der Waals surface area (Å²) in [6.45, 7) is 0. The van der Waals surface area contributed by atoms with Gasteiger partial charge in [0.25, 0.3) is 5.69 Å². The molecule has 0 radical (unpaired) electrons. The number of rotatable bonds is 5. The van der Waals surface area contributed by atoms with E-state index in [1.165, 1.54) is 32.4 Å². The second kappa shape index (κ2) is 6.88. The van der Waals surface area contributed by atoms with Gasteiger partial charge in [0.1, 0.15) is 11.4 Å². The molecule has 20 heavy (non-hydrogen) atoms. The van der Waals surface area contributed by atoms with Crippen LogP contribution in [-0.4, -0.2) is 31.0 Å². The number of carbonyl (C=O) groups excluding carboxylic acids is 2. The Hall–Kier alpha value is -2.90. The van der Waals surface area contributed by atoms with E-state index in [1.807, 2.05) is 0 Å². The summed E-state index contributed by atoms with van der Waals surface area (Å²) in [5.74, 6) is -1.10. The van der Waals surface area contributed by atoms with Gasteiger partial charge in [-0.15, -0.1) is 0 Å².